The van der Waals surface area contributed by atoms with Crippen molar-refractivity contribution < 1.29 is 19.1 Å². The van der Waals surface area contributed by atoms with E-state index in [1.54, 1.807) is 11.6 Å². The molecule has 0 amide bonds. The minimum atomic E-state index is -0.394. The Morgan fingerprint density at radius 2 is 2.26 bits per heavy atom. The molecule has 0 unspecified atom stereocenters. The molecular weight excluding hydrogens is 248 g/mol. The van der Waals surface area contributed by atoms with Gasteiger partial charge in [-0.05, 0) is 31.6 Å². The minimum Gasteiger partial charge on any atom is -0.468 e. The fourth-order valence-electron chi connectivity index (χ4n) is 2.86. The molecule has 102 valence electrons. The Morgan fingerprint density at radius 1 is 1.47 bits per heavy atom. The van der Waals surface area contributed by atoms with Crippen LogP contribution in [-0.4, -0.2) is 35.4 Å². The molecule has 2 aliphatic rings. The molecule has 1 aromatic rings. The van der Waals surface area contributed by atoms with Crippen LogP contribution in [0, 0.1) is 5.92 Å². The molecule has 1 aromatic heterocycles. The number of nitrogens with zero attached hydrogens (tertiary/aromatic N) is 2. The van der Waals surface area contributed by atoms with Crippen molar-refractivity contribution in [1.82, 2.24) is 9.78 Å². The normalized spacial score (nSPS) is 22.6. The fourth-order valence-corrected chi connectivity index (χ4v) is 2.86. The summed E-state index contributed by atoms with van der Waals surface area (Å²) in [4.78, 5) is 23.3. The quantitative estimate of drug-likeness (QED) is 0.755. The predicted molar refractivity (Wildman–Crippen MR) is 64.8 cm³/mol. The first-order chi connectivity index (χ1) is 9.15. The number of hydrogen-bond donors (Lipinski definition) is 0. The van der Waals surface area contributed by atoms with Gasteiger partial charge in [-0.15, -0.1) is 0 Å². The molecule has 0 aliphatic heterocycles. The molecule has 1 saturated carbocycles. The standard InChI is InChI=1S/C13H16N2O4/c1-3-19-13(17)12-11-8-4-7(8)5-9(11)15(14-12)6-10(16)18-2/h7-8H,3-6H2,1-2H3/t7-,8-/m1/s1. The molecule has 2 atom stereocenters. The van der Waals surface area contributed by atoms with E-state index < -0.39 is 5.97 Å². The third-order valence-electron chi connectivity index (χ3n) is 3.82. The summed E-state index contributed by atoms with van der Waals surface area (Å²) in [6, 6.07) is 0. The van der Waals surface area contributed by atoms with Crippen LogP contribution in [0.3, 0.4) is 0 Å². The van der Waals surface area contributed by atoms with Gasteiger partial charge in [0.25, 0.3) is 0 Å². The van der Waals surface area contributed by atoms with Gasteiger partial charge < -0.3 is 9.47 Å². The molecule has 0 saturated heterocycles. The van der Waals surface area contributed by atoms with E-state index in [1.165, 1.54) is 7.11 Å². The van der Waals surface area contributed by atoms with Gasteiger partial charge in [-0.25, -0.2) is 4.79 Å². The minimum absolute atomic E-state index is 0.0533. The number of hydrogen-bond acceptors (Lipinski definition) is 5. The van der Waals surface area contributed by atoms with Crippen molar-refractivity contribution in [2.45, 2.75) is 32.2 Å². The predicted octanol–water partition coefficient (Wildman–Crippen LogP) is 0.892. The summed E-state index contributed by atoms with van der Waals surface area (Å²) in [5.74, 6) is 0.294. The smallest absolute Gasteiger partial charge is 0.359 e. The van der Waals surface area contributed by atoms with Crippen molar-refractivity contribution in [2.75, 3.05) is 13.7 Å². The number of rotatable bonds is 4. The molecule has 0 spiro atoms. The van der Waals surface area contributed by atoms with Crippen LogP contribution in [0.15, 0.2) is 0 Å². The molecular formula is C13H16N2O4. The maximum Gasteiger partial charge on any atom is 0.359 e. The van der Waals surface area contributed by atoms with E-state index in [1.807, 2.05) is 0 Å². The van der Waals surface area contributed by atoms with E-state index in [0.717, 1.165) is 24.1 Å². The first-order valence-electron chi connectivity index (χ1n) is 6.49. The molecule has 1 heterocycles. The maximum atomic E-state index is 11.9. The Hall–Kier alpha value is -1.85. The second-order valence-electron chi connectivity index (χ2n) is 4.97. The van der Waals surface area contributed by atoms with Crippen LogP contribution in [-0.2, 0) is 27.2 Å². The van der Waals surface area contributed by atoms with Crippen molar-refractivity contribution in [3.63, 3.8) is 0 Å². The van der Waals surface area contributed by atoms with Crippen molar-refractivity contribution in [3.8, 4) is 0 Å². The lowest BCUT2D eigenvalue weighted by Crippen LogP contribution is -2.16. The molecule has 1 fully saturated rings. The Kier molecular flexibility index (Phi) is 2.80. The van der Waals surface area contributed by atoms with Crippen LogP contribution in [0.1, 0.15) is 41.0 Å². The molecule has 19 heavy (non-hydrogen) atoms. The number of carbonyl (C=O) groups excluding carboxylic acids is 2. The molecule has 0 aromatic carbocycles. The Labute approximate surface area is 110 Å². The lowest BCUT2D eigenvalue weighted by Gasteiger charge is -2.04. The average molecular weight is 264 g/mol. The number of ether oxygens (including phenoxy) is 2. The third-order valence-corrected chi connectivity index (χ3v) is 3.82. The van der Waals surface area contributed by atoms with E-state index in [9.17, 15) is 9.59 Å². The lowest BCUT2D eigenvalue weighted by atomic mass is 10.1. The van der Waals surface area contributed by atoms with Crippen LogP contribution in [0.25, 0.3) is 0 Å². The lowest BCUT2D eigenvalue weighted by molar-refractivity contribution is -0.141. The highest BCUT2D eigenvalue weighted by Crippen LogP contribution is 2.57. The summed E-state index contributed by atoms with van der Waals surface area (Å²) >= 11 is 0. The molecule has 0 bridgehead atoms. The van der Waals surface area contributed by atoms with Crippen molar-refractivity contribution in [2.24, 2.45) is 5.92 Å². The van der Waals surface area contributed by atoms with E-state index >= 15 is 0 Å². The van der Waals surface area contributed by atoms with Crippen LogP contribution < -0.4 is 0 Å². The van der Waals surface area contributed by atoms with Crippen molar-refractivity contribution in [3.05, 3.63) is 17.0 Å². The zero-order chi connectivity index (χ0) is 13.6. The zero-order valence-electron chi connectivity index (χ0n) is 11.0. The number of methoxy groups -OCH3 is 1. The van der Waals surface area contributed by atoms with Gasteiger partial charge in [0.1, 0.15) is 6.54 Å². The van der Waals surface area contributed by atoms with Crippen LogP contribution >= 0.6 is 0 Å². The van der Waals surface area contributed by atoms with Gasteiger partial charge in [0.05, 0.1) is 13.7 Å². The van der Waals surface area contributed by atoms with Gasteiger partial charge in [-0.2, -0.15) is 5.10 Å². The second-order valence-corrected chi connectivity index (χ2v) is 4.97. The highest BCUT2D eigenvalue weighted by Gasteiger charge is 2.50. The van der Waals surface area contributed by atoms with E-state index in [4.69, 9.17) is 4.74 Å². The zero-order valence-corrected chi connectivity index (χ0v) is 11.0. The summed E-state index contributed by atoms with van der Waals surface area (Å²) in [7, 11) is 1.34. The highest BCUT2D eigenvalue weighted by atomic mass is 16.5. The van der Waals surface area contributed by atoms with Crippen molar-refractivity contribution >= 4 is 11.9 Å². The third kappa shape index (κ3) is 1.91. The molecule has 3 rings (SSSR count). The molecule has 0 N–H and O–H groups in total. The van der Waals surface area contributed by atoms with E-state index in [2.05, 4.69) is 9.84 Å². The van der Waals surface area contributed by atoms with Gasteiger partial charge in [0, 0.05) is 11.3 Å². The van der Waals surface area contributed by atoms with E-state index in [0.29, 0.717) is 24.1 Å². The van der Waals surface area contributed by atoms with Crippen LogP contribution in [0.5, 0.6) is 0 Å². The molecule has 6 nitrogen and oxygen atoms in total. The first kappa shape index (κ1) is 12.2. The van der Waals surface area contributed by atoms with Gasteiger partial charge >= 0.3 is 11.9 Å². The number of aromatic nitrogens is 2. The van der Waals surface area contributed by atoms with Gasteiger partial charge in [-0.1, -0.05) is 0 Å². The Morgan fingerprint density at radius 3 is 2.95 bits per heavy atom. The van der Waals surface area contributed by atoms with E-state index in [-0.39, 0.29) is 12.5 Å². The van der Waals surface area contributed by atoms with Gasteiger partial charge in [-0.3, -0.25) is 9.48 Å². The summed E-state index contributed by atoms with van der Waals surface area (Å²) in [6.45, 7) is 2.15. The Balaban J connectivity index is 1.94. The summed E-state index contributed by atoms with van der Waals surface area (Å²) in [6.07, 6.45) is 2.01. The van der Waals surface area contributed by atoms with Crippen LogP contribution in [0.2, 0.25) is 0 Å². The largest absolute Gasteiger partial charge is 0.468 e. The van der Waals surface area contributed by atoms with Gasteiger partial charge in [0.15, 0.2) is 5.69 Å². The number of carbonyl (C=O) groups is 2. The maximum absolute atomic E-state index is 11.9. The number of fused-ring (bicyclic) bond motifs is 3. The topological polar surface area (TPSA) is 70.4 Å². The number of esters is 2. The monoisotopic (exact) mass is 264 g/mol. The Bertz CT molecular complexity index is 549. The van der Waals surface area contributed by atoms with Crippen LogP contribution in [0.4, 0.5) is 0 Å². The second kappa shape index (κ2) is 4.36. The van der Waals surface area contributed by atoms with Gasteiger partial charge in [0.2, 0.25) is 0 Å². The SMILES string of the molecule is CCOC(=O)c1nn(CC(=O)OC)c2c1[C@@H]1C[C@@H]1C2. The molecule has 0 radical (unpaired) electrons. The van der Waals surface area contributed by atoms with Crippen molar-refractivity contribution in [1.29, 1.82) is 0 Å². The summed E-state index contributed by atoms with van der Waals surface area (Å²) in [5, 5.41) is 4.26. The molecule has 2 aliphatic carbocycles. The highest BCUT2D eigenvalue weighted by molar-refractivity contribution is 5.90. The molecule has 6 heteroatoms. The average Bonchev–Trinajstić information content (AvgIpc) is 2.91. The fraction of sp³-hybridized carbons (Fsp3) is 0.615. The first-order valence-corrected chi connectivity index (χ1v) is 6.49. The summed E-state index contributed by atoms with van der Waals surface area (Å²) < 4.78 is 11.3. The summed E-state index contributed by atoms with van der Waals surface area (Å²) in [5.41, 5.74) is 2.37.